The number of rotatable bonds is 23. The van der Waals surface area contributed by atoms with E-state index in [2.05, 4.69) is 0 Å². The number of carbonyl (C=O) groups is 1. The van der Waals surface area contributed by atoms with E-state index in [4.69, 9.17) is 52.1 Å². The predicted molar refractivity (Wildman–Crippen MR) is 252 cm³/mol. The molecule has 8 rings (SSSR count). The summed E-state index contributed by atoms with van der Waals surface area (Å²) in [5, 5.41) is 0. The van der Waals surface area contributed by atoms with Gasteiger partial charge < -0.3 is 52.1 Å². The fraction of sp³-hybridized carbons (Fsp3) is 0.339. The predicted octanol–water partition coefficient (Wildman–Crippen LogP) is 8.78. The fourth-order valence-corrected chi connectivity index (χ4v) is 8.36. The maximum absolute atomic E-state index is 13.9. The Labute approximate surface area is 398 Å². The third-order valence-electron chi connectivity index (χ3n) is 11.9. The summed E-state index contributed by atoms with van der Waals surface area (Å²) in [5.74, 6) is -0.656. The standard InChI is InChI=1S/C56H60O12/c1-58-54(57)51-49(62-35-42-25-13-5-14-26-42)50(63-36-43-27-15-6-16-28-43)53(65-38-45-31-19-8-20-32-45)56(68-51)66-39-46-47(60-33-40-21-9-3-10-22-40)48(61-34-41-23-11-4-12-24-41)52(55(59-2)67-46)64-37-44-29-17-7-18-30-44/h3-32,46-53,55-56H,33-39H2,1-2H3/t46-,47-,48+,49+,50+,51-,52-,53+,55+,56-/m1/s1. The molecule has 2 fully saturated rings. The second-order valence-electron chi connectivity index (χ2n) is 16.6. The van der Waals surface area contributed by atoms with Gasteiger partial charge in [0.25, 0.3) is 0 Å². The van der Waals surface area contributed by atoms with Crippen LogP contribution in [0.15, 0.2) is 182 Å². The Hall–Kier alpha value is -5.61. The lowest BCUT2D eigenvalue weighted by Crippen LogP contribution is -2.64. The van der Waals surface area contributed by atoms with Crippen LogP contribution in [0.1, 0.15) is 33.4 Å². The van der Waals surface area contributed by atoms with Crippen molar-refractivity contribution in [3.63, 3.8) is 0 Å². The highest BCUT2D eigenvalue weighted by Crippen LogP contribution is 2.35. The fourth-order valence-electron chi connectivity index (χ4n) is 8.36. The van der Waals surface area contributed by atoms with Gasteiger partial charge in [-0.25, -0.2) is 4.79 Å². The highest BCUT2D eigenvalue weighted by Gasteiger charge is 2.54. The average Bonchev–Trinajstić information content (AvgIpc) is 3.40. The first-order chi connectivity index (χ1) is 33.6. The first-order valence-electron chi connectivity index (χ1n) is 23.0. The van der Waals surface area contributed by atoms with Gasteiger partial charge >= 0.3 is 5.97 Å². The molecule has 6 aromatic carbocycles. The molecule has 0 aliphatic carbocycles. The lowest BCUT2D eigenvalue weighted by molar-refractivity contribution is -0.347. The third-order valence-corrected chi connectivity index (χ3v) is 11.9. The normalized spacial score (nSPS) is 24.9. The molecule has 2 aliphatic rings. The summed E-state index contributed by atoms with van der Waals surface area (Å²) in [6.07, 6.45) is -9.19. The summed E-state index contributed by atoms with van der Waals surface area (Å²) < 4.78 is 72.3. The van der Waals surface area contributed by atoms with E-state index in [1.807, 2.05) is 182 Å². The molecule has 2 aliphatic heterocycles. The second-order valence-corrected chi connectivity index (χ2v) is 16.6. The monoisotopic (exact) mass is 924 g/mol. The van der Waals surface area contributed by atoms with Crippen molar-refractivity contribution in [3.05, 3.63) is 215 Å². The second kappa shape index (κ2) is 25.7. The Bertz CT molecular complexity index is 2330. The smallest absolute Gasteiger partial charge is 0.337 e. The van der Waals surface area contributed by atoms with Crippen molar-refractivity contribution < 1.29 is 56.9 Å². The van der Waals surface area contributed by atoms with E-state index in [1.165, 1.54) is 7.11 Å². The molecule has 0 spiro atoms. The average molecular weight is 925 g/mol. The van der Waals surface area contributed by atoms with Crippen molar-refractivity contribution >= 4 is 5.97 Å². The molecule has 0 radical (unpaired) electrons. The molecule has 2 heterocycles. The highest BCUT2D eigenvalue weighted by atomic mass is 16.8. The summed E-state index contributed by atoms with van der Waals surface area (Å²) in [7, 11) is 2.89. The summed E-state index contributed by atoms with van der Waals surface area (Å²) in [4.78, 5) is 13.9. The molecule has 2 saturated heterocycles. The quantitative estimate of drug-likeness (QED) is 0.0572. The van der Waals surface area contributed by atoms with E-state index in [1.54, 1.807) is 7.11 Å². The molecule has 6 aromatic rings. The van der Waals surface area contributed by atoms with Crippen molar-refractivity contribution in [2.24, 2.45) is 0 Å². The Morgan fingerprint density at radius 3 is 1.03 bits per heavy atom. The molecule has 12 nitrogen and oxygen atoms in total. The van der Waals surface area contributed by atoms with Crippen molar-refractivity contribution in [1.82, 2.24) is 0 Å². The first kappa shape index (κ1) is 48.8. The van der Waals surface area contributed by atoms with E-state index >= 15 is 0 Å². The minimum absolute atomic E-state index is 0.110. The molecule has 0 N–H and O–H groups in total. The van der Waals surface area contributed by atoms with Crippen LogP contribution in [0.2, 0.25) is 0 Å². The molecule has 0 bridgehead atoms. The van der Waals surface area contributed by atoms with Crippen molar-refractivity contribution in [2.45, 2.75) is 101 Å². The van der Waals surface area contributed by atoms with Crippen LogP contribution in [0.4, 0.5) is 0 Å². The van der Waals surface area contributed by atoms with Crippen molar-refractivity contribution in [3.8, 4) is 0 Å². The van der Waals surface area contributed by atoms with E-state index in [9.17, 15) is 4.79 Å². The van der Waals surface area contributed by atoms with Gasteiger partial charge in [-0.1, -0.05) is 182 Å². The summed E-state index contributed by atoms with van der Waals surface area (Å²) in [5.41, 5.74) is 5.63. The zero-order chi connectivity index (χ0) is 46.8. The minimum atomic E-state index is -1.27. The zero-order valence-corrected chi connectivity index (χ0v) is 38.4. The Morgan fingerprint density at radius 2 is 0.676 bits per heavy atom. The molecule has 12 heteroatoms. The number of esters is 1. The van der Waals surface area contributed by atoms with E-state index in [0.29, 0.717) is 0 Å². The number of carbonyl (C=O) groups excluding carboxylic acids is 1. The van der Waals surface area contributed by atoms with Gasteiger partial charge in [-0.3, -0.25) is 0 Å². The van der Waals surface area contributed by atoms with E-state index < -0.39 is 67.4 Å². The number of hydrogen-bond acceptors (Lipinski definition) is 12. The van der Waals surface area contributed by atoms with Crippen LogP contribution in [0.3, 0.4) is 0 Å². The maximum atomic E-state index is 13.9. The van der Waals surface area contributed by atoms with Gasteiger partial charge in [-0.15, -0.1) is 0 Å². The van der Waals surface area contributed by atoms with Gasteiger partial charge in [-0.2, -0.15) is 0 Å². The van der Waals surface area contributed by atoms with E-state index in [-0.39, 0.29) is 46.2 Å². The van der Waals surface area contributed by atoms with Crippen LogP contribution >= 0.6 is 0 Å². The Balaban J connectivity index is 1.12. The van der Waals surface area contributed by atoms with Gasteiger partial charge in [0.05, 0.1) is 53.4 Å². The summed E-state index contributed by atoms with van der Waals surface area (Å²) in [6.45, 7) is 1.19. The SMILES string of the molecule is COC(=O)[C@@H]1O[C@@H](OC[C@H]2O[C@H](OC)[C@H](OCc3ccccc3)[C@@H](OCc3ccccc3)[C@@H]2OCc2ccccc2)[C@@H](OCc2ccccc2)[C@@H](OCc2ccccc2)[C@@H]1OCc1ccccc1. The lowest BCUT2D eigenvalue weighted by atomic mass is 9.96. The topological polar surface area (TPSA) is 119 Å². The number of benzene rings is 6. The van der Waals surface area contributed by atoms with Crippen molar-refractivity contribution in [1.29, 1.82) is 0 Å². The molecule has 356 valence electrons. The molecule has 0 amide bonds. The molecule has 0 aromatic heterocycles. The Kier molecular flexibility index (Phi) is 18.4. The van der Waals surface area contributed by atoms with Crippen LogP contribution < -0.4 is 0 Å². The molecule has 0 unspecified atom stereocenters. The van der Waals surface area contributed by atoms with Crippen molar-refractivity contribution in [2.75, 3.05) is 20.8 Å². The van der Waals surface area contributed by atoms with Gasteiger partial charge in [-0.05, 0) is 33.4 Å². The van der Waals surface area contributed by atoms with Gasteiger partial charge in [0, 0.05) is 7.11 Å². The molecule has 68 heavy (non-hydrogen) atoms. The van der Waals surface area contributed by atoms with Crippen LogP contribution in [0.5, 0.6) is 0 Å². The van der Waals surface area contributed by atoms with Gasteiger partial charge in [0.15, 0.2) is 18.7 Å². The van der Waals surface area contributed by atoms with Crippen LogP contribution in [-0.4, -0.2) is 88.2 Å². The lowest BCUT2D eigenvalue weighted by Gasteiger charge is -2.47. The van der Waals surface area contributed by atoms with Crippen LogP contribution in [0, 0.1) is 0 Å². The van der Waals surface area contributed by atoms with Crippen LogP contribution in [0.25, 0.3) is 0 Å². The largest absolute Gasteiger partial charge is 0.467 e. The number of methoxy groups -OCH3 is 2. The summed E-state index contributed by atoms with van der Waals surface area (Å²) >= 11 is 0. The number of hydrogen-bond donors (Lipinski definition) is 0. The highest BCUT2D eigenvalue weighted by molar-refractivity contribution is 5.75. The van der Waals surface area contributed by atoms with E-state index in [0.717, 1.165) is 33.4 Å². The van der Waals surface area contributed by atoms with Crippen LogP contribution in [-0.2, 0) is 96.5 Å². The molecular formula is C56H60O12. The summed E-state index contributed by atoms with van der Waals surface area (Å²) in [6, 6.07) is 59.0. The third kappa shape index (κ3) is 13.5. The minimum Gasteiger partial charge on any atom is -0.467 e. The number of ether oxygens (including phenoxy) is 11. The van der Waals surface area contributed by atoms with Gasteiger partial charge in [0.1, 0.15) is 42.7 Å². The molecule has 10 atom stereocenters. The maximum Gasteiger partial charge on any atom is 0.337 e. The van der Waals surface area contributed by atoms with Gasteiger partial charge in [0.2, 0.25) is 0 Å². The Morgan fingerprint density at radius 1 is 0.368 bits per heavy atom. The zero-order valence-electron chi connectivity index (χ0n) is 38.4. The molecule has 0 saturated carbocycles. The molecular weight excluding hydrogens is 865 g/mol. The first-order valence-corrected chi connectivity index (χ1v) is 23.0.